The number of aromatic nitrogens is 4. The van der Waals surface area contributed by atoms with Gasteiger partial charge < -0.3 is 9.30 Å². The lowest BCUT2D eigenvalue weighted by Crippen LogP contribution is -1.94. The summed E-state index contributed by atoms with van der Waals surface area (Å²) in [7, 11) is 1.67. The summed E-state index contributed by atoms with van der Waals surface area (Å²) >= 11 is 0. The molecule has 0 aliphatic heterocycles. The minimum Gasteiger partial charge on any atom is -0.496 e. The van der Waals surface area contributed by atoms with E-state index in [9.17, 15) is 0 Å². The van der Waals surface area contributed by atoms with Crippen LogP contribution in [-0.2, 0) is 0 Å². The molecule has 4 aromatic rings. The van der Waals surface area contributed by atoms with Crippen molar-refractivity contribution in [3.8, 4) is 22.8 Å². The Labute approximate surface area is 146 Å². The number of fused-ring (bicyclic) bond motifs is 1. The predicted molar refractivity (Wildman–Crippen MR) is 98.1 cm³/mol. The molecule has 25 heavy (non-hydrogen) atoms. The van der Waals surface area contributed by atoms with Gasteiger partial charge in [-0.1, -0.05) is 12.1 Å². The van der Waals surface area contributed by atoms with Crippen LogP contribution in [0.5, 0.6) is 5.75 Å². The van der Waals surface area contributed by atoms with Gasteiger partial charge in [0.25, 0.3) is 0 Å². The molecule has 0 fully saturated rings. The normalized spacial score (nSPS) is 11.0. The smallest absolute Gasteiger partial charge is 0.159 e. The third kappa shape index (κ3) is 2.85. The molecule has 5 heteroatoms. The van der Waals surface area contributed by atoms with Crippen LogP contribution in [0.1, 0.15) is 11.3 Å². The molecule has 2 aromatic heterocycles. The molecule has 0 spiro atoms. The Hall–Kier alpha value is -3.21. The fourth-order valence-corrected chi connectivity index (χ4v) is 2.84. The summed E-state index contributed by atoms with van der Waals surface area (Å²) in [6.45, 7) is 3.99. The summed E-state index contributed by atoms with van der Waals surface area (Å²) in [5, 5.41) is 0.992. The van der Waals surface area contributed by atoms with Crippen molar-refractivity contribution < 1.29 is 4.74 Å². The van der Waals surface area contributed by atoms with E-state index in [-0.39, 0.29) is 0 Å². The van der Waals surface area contributed by atoms with Gasteiger partial charge in [0.2, 0.25) is 0 Å². The standard InChI is InChI=1S/C20H18N4O/c1-13-4-5-15(9-19(13)25-3)20-21-10-16-8-17(6-7-18(16)23-20)24-11-14(2)22-12-24/h4-12H,1-3H3. The molecule has 0 saturated heterocycles. The van der Waals surface area contributed by atoms with E-state index in [4.69, 9.17) is 9.72 Å². The second kappa shape index (κ2) is 6.02. The maximum absolute atomic E-state index is 5.40. The van der Waals surface area contributed by atoms with Gasteiger partial charge in [-0.05, 0) is 43.7 Å². The Morgan fingerprint density at radius 1 is 1.00 bits per heavy atom. The molecule has 0 bridgehead atoms. The van der Waals surface area contributed by atoms with Crippen LogP contribution in [0.25, 0.3) is 28.0 Å². The number of imidazole rings is 1. The molecule has 0 atom stereocenters. The number of methoxy groups -OCH3 is 1. The molecular weight excluding hydrogens is 312 g/mol. The van der Waals surface area contributed by atoms with Crippen molar-refractivity contribution in [3.05, 3.63) is 66.4 Å². The van der Waals surface area contributed by atoms with Crippen molar-refractivity contribution in [2.24, 2.45) is 0 Å². The SMILES string of the molecule is COc1cc(-c2ncc3cc(-n4cnc(C)c4)ccc3n2)ccc1C. The van der Waals surface area contributed by atoms with Crippen LogP contribution < -0.4 is 4.74 Å². The van der Waals surface area contributed by atoms with E-state index in [0.29, 0.717) is 5.82 Å². The third-order valence-corrected chi connectivity index (χ3v) is 4.24. The number of hydrogen-bond donors (Lipinski definition) is 0. The van der Waals surface area contributed by atoms with Crippen molar-refractivity contribution in [2.45, 2.75) is 13.8 Å². The van der Waals surface area contributed by atoms with Gasteiger partial charge in [-0.2, -0.15) is 0 Å². The van der Waals surface area contributed by atoms with Crippen molar-refractivity contribution in [1.82, 2.24) is 19.5 Å². The number of benzene rings is 2. The van der Waals surface area contributed by atoms with Crippen molar-refractivity contribution in [3.63, 3.8) is 0 Å². The van der Waals surface area contributed by atoms with Gasteiger partial charge in [0.15, 0.2) is 5.82 Å². The Morgan fingerprint density at radius 2 is 1.88 bits per heavy atom. The molecule has 0 radical (unpaired) electrons. The minimum absolute atomic E-state index is 0.692. The van der Waals surface area contributed by atoms with Gasteiger partial charge in [-0.25, -0.2) is 15.0 Å². The van der Waals surface area contributed by atoms with Gasteiger partial charge in [-0.3, -0.25) is 0 Å². The Morgan fingerprint density at radius 3 is 2.64 bits per heavy atom. The topological polar surface area (TPSA) is 52.8 Å². The van der Waals surface area contributed by atoms with Gasteiger partial charge in [0.1, 0.15) is 5.75 Å². The average Bonchev–Trinajstić information content (AvgIpc) is 3.07. The van der Waals surface area contributed by atoms with Crippen molar-refractivity contribution in [2.75, 3.05) is 7.11 Å². The monoisotopic (exact) mass is 330 g/mol. The van der Waals surface area contributed by atoms with Crippen molar-refractivity contribution >= 4 is 10.9 Å². The highest BCUT2D eigenvalue weighted by molar-refractivity contribution is 5.81. The van der Waals surface area contributed by atoms with E-state index in [2.05, 4.69) is 16.0 Å². The zero-order chi connectivity index (χ0) is 17.4. The first-order chi connectivity index (χ1) is 12.1. The molecule has 5 nitrogen and oxygen atoms in total. The third-order valence-electron chi connectivity index (χ3n) is 4.24. The number of ether oxygens (including phenoxy) is 1. The summed E-state index contributed by atoms with van der Waals surface area (Å²) in [5.41, 5.74) is 4.97. The summed E-state index contributed by atoms with van der Waals surface area (Å²) in [6.07, 6.45) is 5.66. The van der Waals surface area contributed by atoms with Crippen LogP contribution in [0.4, 0.5) is 0 Å². The van der Waals surface area contributed by atoms with E-state index in [1.54, 1.807) is 7.11 Å². The van der Waals surface area contributed by atoms with E-state index < -0.39 is 0 Å². The number of nitrogens with zero attached hydrogens (tertiary/aromatic N) is 4. The molecule has 0 aliphatic carbocycles. The minimum atomic E-state index is 0.692. The predicted octanol–water partition coefficient (Wildman–Crippen LogP) is 4.11. The first-order valence-electron chi connectivity index (χ1n) is 8.07. The largest absolute Gasteiger partial charge is 0.496 e. The fourth-order valence-electron chi connectivity index (χ4n) is 2.84. The summed E-state index contributed by atoms with van der Waals surface area (Å²) in [5.74, 6) is 1.53. The fraction of sp³-hybridized carbons (Fsp3) is 0.150. The van der Waals surface area contributed by atoms with Crippen LogP contribution >= 0.6 is 0 Å². The Kier molecular flexibility index (Phi) is 3.69. The molecule has 0 aliphatic rings. The summed E-state index contributed by atoms with van der Waals surface area (Å²) in [6, 6.07) is 12.1. The van der Waals surface area contributed by atoms with E-state index in [0.717, 1.165) is 39.2 Å². The Balaban J connectivity index is 1.76. The highest BCUT2D eigenvalue weighted by Crippen LogP contribution is 2.26. The van der Waals surface area contributed by atoms with Crippen LogP contribution in [-0.4, -0.2) is 26.6 Å². The lowest BCUT2D eigenvalue weighted by molar-refractivity contribution is 0.412. The molecule has 4 rings (SSSR count). The molecule has 124 valence electrons. The lowest BCUT2D eigenvalue weighted by Gasteiger charge is -2.08. The quantitative estimate of drug-likeness (QED) is 0.567. The molecule has 0 N–H and O–H groups in total. The average molecular weight is 330 g/mol. The summed E-state index contributed by atoms with van der Waals surface area (Å²) in [4.78, 5) is 13.5. The first-order valence-corrected chi connectivity index (χ1v) is 8.07. The Bertz CT molecular complexity index is 1070. The van der Waals surface area contributed by atoms with Crippen molar-refractivity contribution in [1.29, 1.82) is 0 Å². The van der Waals surface area contributed by atoms with Gasteiger partial charge in [0.05, 0.1) is 24.6 Å². The zero-order valence-electron chi connectivity index (χ0n) is 14.4. The highest BCUT2D eigenvalue weighted by atomic mass is 16.5. The zero-order valence-corrected chi connectivity index (χ0v) is 14.4. The molecule has 2 heterocycles. The van der Waals surface area contributed by atoms with Gasteiger partial charge in [0, 0.05) is 29.0 Å². The molecule has 0 amide bonds. The number of aryl methyl sites for hydroxylation is 2. The maximum atomic E-state index is 5.40. The highest BCUT2D eigenvalue weighted by Gasteiger charge is 2.07. The molecule has 2 aromatic carbocycles. The van der Waals surface area contributed by atoms with E-state index in [1.165, 1.54) is 0 Å². The van der Waals surface area contributed by atoms with Gasteiger partial charge in [-0.15, -0.1) is 0 Å². The second-order valence-electron chi connectivity index (χ2n) is 6.04. The summed E-state index contributed by atoms with van der Waals surface area (Å²) < 4.78 is 7.39. The maximum Gasteiger partial charge on any atom is 0.159 e. The molecule has 0 saturated carbocycles. The van der Waals surface area contributed by atoms with Crippen LogP contribution in [0.15, 0.2) is 55.1 Å². The molecule has 0 unspecified atom stereocenters. The lowest BCUT2D eigenvalue weighted by atomic mass is 10.1. The second-order valence-corrected chi connectivity index (χ2v) is 6.04. The van der Waals surface area contributed by atoms with E-state index >= 15 is 0 Å². The van der Waals surface area contributed by atoms with Gasteiger partial charge >= 0.3 is 0 Å². The first kappa shape index (κ1) is 15.3. The van der Waals surface area contributed by atoms with Crippen LogP contribution in [0, 0.1) is 13.8 Å². The number of hydrogen-bond acceptors (Lipinski definition) is 4. The van der Waals surface area contributed by atoms with E-state index in [1.807, 2.05) is 67.5 Å². The molecular formula is C20H18N4O. The van der Waals surface area contributed by atoms with Crippen LogP contribution in [0.3, 0.4) is 0 Å². The number of rotatable bonds is 3. The van der Waals surface area contributed by atoms with Crippen LogP contribution in [0.2, 0.25) is 0 Å².